The lowest BCUT2D eigenvalue weighted by Gasteiger charge is -2.20. The Kier molecular flexibility index (Phi) is 4.51. The molecule has 4 heteroatoms. The molecular weight excluding hydrogens is 292 g/mol. The summed E-state index contributed by atoms with van der Waals surface area (Å²) in [5.41, 5.74) is 3.01. The molecule has 1 heterocycles. The van der Waals surface area contributed by atoms with Crippen LogP contribution in [0.5, 0.6) is 11.5 Å². The molecular formula is C19H20O4. The van der Waals surface area contributed by atoms with Gasteiger partial charge in [-0.1, -0.05) is 37.3 Å². The highest BCUT2D eigenvalue weighted by Gasteiger charge is 2.23. The van der Waals surface area contributed by atoms with E-state index in [4.69, 9.17) is 9.47 Å². The van der Waals surface area contributed by atoms with E-state index in [1.165, 1.54) is 5.56 Å². The van der Waals surface area contributed by atoms with Crippen molar-refractivity contribution in [2.75, 3.05) is 13.2 Å². The molecule has 0 saturated heterocycles. The van der Waals surface area contributed by atoms with Gasteiger partial charge in [0.05, 0.1) is 5.92 Å². The summed E-state index contributed by atoms with van der Waals surface area (Å²) in [6.07, 6.45) is 1.43. The maximum absolute atomic E-state index is 11.7. The van der Waals surface area contributed by atoms with Crippen LogP contribution in [0.15, 0.2) is 42.5 Å². The zero-order valence-electron chi connectivity index (χ0n) is 13.1. The van der Waals surface area contributed by atoms with Gasteiger partial charge >= 0.3 is 5.97 Å². The minimum absolute atomic E-state index is 0.457. The first-order valence-electron chi connectivity index (χ1n) is 7.87. The number of aryl methyl sites for hydroxylation is 1. The van der Waals surface area contributed by atoms with Crippen molar-refractivity contribution in [3.8, 4) is 11.5 Å². The normalized spacial score (nSPS) is 14.3. The van der Waals surface area contributed by atoms with Gasteiger partial charge in [-0.15, -0.1) is 0 Å². The van der Waals surface area contributed by atoms with Crippen molar-refractivity contribution in [3.05, 3.63) is 59.2 Å². The quantitative estimate of drug-likeness (QED) is 0.919. The molecule has 1 aliphatic heterocycles. The molecule has 0 bridgehead atoms. The lowest BCUT2D eigenvalue weighted by molar-refractivity contribution is -0.138. The molecule has 0 amide bonds. The zero-order valence-corrected chi connectivity index (χ0v) is 13.1. The molecule has 1 unspecified atom stereocenters. The smallest absolute Gasteiger partial charge is 0.311 e. The molecule has 2 aromatic rings. The molecule has 23 heavy (non-hydrogen) atoms. The molecule has 0 aliphatic carbocycles. The van der Waals surface area contributed by atoms with Gasteiger partial charge in [0.2, 0.25) is 0 Å². The van der Waals surface area contributed by atoms with Crippen LogP contribution in [0.3, 0.4) is 0 Å². The fraction of sp³-hybridized carbons (Fsp3) is 0.316. The third kappa shape index (κ3) is 3.47. The second kappa shape index (κ2) is 6.73. The van der Waals surface area contributed by atoms with Crippen molar-refractivity contribution < 1.29 is 19.4 Å². The van der Waals surface area contributed by atoms with Crippen LogP contribution in [0, 0.1) is 0 Å². The fourth-order valence-corrected chi connectivity index (χ4v) is 2.77. The molecule has 120 valence electrons. The lowest BCUT2D eigenvalue weighted by atomic mass is 9.91. The Morgan fingerprint density at radius 3 is 2.35 bits per heavy atom. The average molecular weight is 312 g/mol. The molecule has 0 aromatic heterocycles. The molecule has 0 fully saturated rings. The van der Waals surface area contributed by atoms with Crippen LogP contribution in [-0.4, -0.2) is 24.3 Å². The minimum Gasteiger partial charge on any atom is -0.486 e. The largest absolute Gasteiger partial charge is 0.486 e. The van der Waals surface area contributed by atoms with Gasteiger partial charge in [0.15, 0.2) is 11.5 Å². The Balaban J connectivity index is 1.84. The number of fused-ring (bicyclic) bond motifs is 1. The number of carboxylic acids is 1. The number of aliphatic carboxylic acids is 1. The summed E-state index contributed by atoms with van der Waals surface area (Å²) in [6.45, 7) is 3.12. The number of ether oxygens (including phenoxy) is 2. The maximum atomic E-state index is 11.7. The van der Waals surface area contributed by atoms with E-state index in [1.54, 1.807) is 12.1 Å². The molecule has 1 N–H and O–H groups in total. The second-order valence-corrected chi connectivity index (χ2v) is 5.67. The van der Waals surface area contributed by atoms with Crippen molar-refractivity contribution in [1.82, 2.24) is 0 Å². The first kappa shape index (κ1) is 15.4. The highest BCUT2D eigenvalue weighted by Crippen LogP contribution is 2.34. The maximum Gasteiger partial charge on any atom is 0.311 e. The van der Waals surface area contributed by atoms with Crippen molar-refractivity contribution >= 4 is 5.97 Å². The van der Waals surface area contributed by atoms with Gasteiger partial charge < -0.3 is 14.6 Å². The summed E-state index contributed by atoms with van der Waals surface area (Å²) in [5.74, 6) is -0.127. The number of hydrogen-bond acceptors (Lipinski definition) is 3. The highest BCUT2D eigenvalue weighted by atomic mass is 16.6. The molecule has 0 spiro atoms. The first-order valence-corrected chi connectivity index (χ1v) is 7.87. The van der Waals surface area contributed by atoms with Crippen molar-refractivity contribution in [3.63, 3.8) is 0 Å². The van der Waals surface area contributed by atoms with E-state index < -0.39 is 11.9 Å². The summed E-state index contributed by atoms with van der Waals surface area (Å²) in [5, 5.41) is 9.62. The highest BCUT2D eigenvalue weighted by molar-refractivity contribution is 5.77. The summed E-state index contributed by atoms with van der Waals surface area (Å²) >= 11 is 0. The van der Waals surface area contributed by atoms with Gasteiger partial charge in [-0.05, 0) is 41.7 Å². The number of benzene rings is 2. The van der Waals surface area contributed by atoms with Crippen LogP contribution < -0.4 is 9.47 Å². The average Bonchev–Trinajstić information content (AvgIpc) is 2.59. The Morgan fingerprint density at radius 1 is 1.04 bits per heavy atom. The molecule has 4 nitrogen and oxygen atoms in total. The third-order valence-corrected chi connectivity index (χ3v) is 4.14. The second-order valence-electron chi connectivity index (χ2n) is 5.67. The third-order valence-electron chi connectivity index (χ3n) is 4.14. The van der Waals surface area contributed by atoms with E-state index in [1.807, 2.05) is 18.2 Å². The van der Waals surface area contributed by atoms with Gasteiger partial charge in [-0.3, -0.25) is 4.79 Å². The van der Waals surface area contributed by atoms with Crippen molar-refractivity contribution in [2.24, 2.45) is 0 Å². The molecule has 2 aromatic carbocycles. The number of rotatable bonds is 5. The van der Waals surface area contributed by atoms with Crippen molar-refractivity contribution in [2.45, 2.75) is 25.7 Å². The predicted molar refractivity (Wildman–Crippen MR) is 87.3 cm³/mol. The summed E-state index contributed by atoms with van der Waals surface area (Å²) in [4.78, 5) is 11.7. The van der Waals surface area contributed by atoms with Gasteiger partial charge in [-0.25, -0.2) is 0 Å². The Morgan fingerprint density at radius 2 is 1.70 bits per heavy atom. The van der Waals surface area contributed by atoms with Gasteiger partial charge in [0.25, 0.3) is 0 Å². The van der Waals surface area contributed by atoms with Crippen LogP contribution in [-0.2, 0) is 17.6 Å². The van der Waals surface area contributed by atoms with E-state index in [0.29, 0.717) is 31.1 Å². The summed E-state index contributed by atoms with van der Waals surface area (Å²) in [7, 11) is 0. The van der Waals surface area contributed by atoms with Crippen LogP contribution in [0.2, 0.25) is 0 Å². The van der Waals surface area contributed by atoms with Gasteiger partial charge in [0, 0.05) is 0 Å². The minimum atomic E-state index is -0.832. The van der Waals surface area contributed by atoms with Crippen LogP contribution in [0.4, 0.5) is 0 Å². The molecule has 1 aliphatic rings. The summed E-state index contributed by atoms with van der Waals surface area (Å²) in [6, 6.07) is 13.5. The fourth-order valence-electron chi connectivity index (χ4n) is 2.77. The predicted octanol–water partition coefficient (Wildman–Crippen LogP) is 3.43. The van der Waals surface area contributed by atoms with E-state index in [0.717, 1.165) is 17.5 Å². The van der Waals surface area contributed by atoms with E-state index >= 15 is 0 Å². The van der Waals surface area contributed by atoms with E-state index in [9.17, 15) is 9.90 Å². The number of hydrogen-bond donors (Lipinski definition) is 1. The van der Waals surface area contributed by atoms with E-state index in [-0.39, 0.29) is 0 Å². The Hall–Kier alpha value is -2.49. The van der Waals surface area contributed by atoms with Gasteiger partial charge in [-0.2, -0.15) is 0 Å². The van der Waals surface area contributed by atoms with Crippen molar-refractivity contribution in [1.29, 1.82) is 0 Å². The zero-order chi connectivity index (χ0) is 16.2. The van der Waals surface area contributed by atoms with Crippen LogP contribution in [0.1, 0.15) is 29.5 Å². The van der Waals surface area contributed by atoms with Crippen LogP contribution in [0.25, 0.3) is 0 Å². The number of carboxylic acid groups (broad SMARTS) is 1. The monoisotopic (exact) mass is 312 g/mol. The topological polar surface area (TPSA) is 55.8 Å². The Labute approximate surface area is 135 Å². The summed E-state index contributed by atoms with van der Waals surface area (Å²) < 4.78 is 11.0. The number of carbonyl (C=O) groups is 1. The molecule has 0 saturated carbocycles. The molecule has 3 rings (SSSR count). The molecule has 0 radical (unpaired) electrons. The van der Waals surface area contributed by atoms with E-state index in [2.05, 4.69) is 19.1 Å². The van der Waals surface area contributed by atoms with Crippen LogP contribution >= 0.6 is 0 Å². The van der Waals surface area contributed by atoms with Gasteiger partial charge in [0.1, 0.15) is 13.2 Å². The lowest BCUT2D eigenvalue weighted by Crippen LogP contribution is -2.18. The first-order chi connectivity index (χ1) is 11.2. The standard InChI is InChI=1S/C19H20O4/c1-2-13-3-5-14(6-4-13)11-16(19(20)21)15-7-8-17-18(12-15)23-10-9-22-17/h3-8,12,16H,2,9-11H2,1H3,(H,20,21). The SMILES string of the molecule is CCc1ccc(CC(C(=O)O)c2ccc3c(c2)OCCO3)cc1. The molecule has 1 atom stereocenters. The Bertz CT molecular complexity index is 691.